The minimum absolute atomic E-state index is 0.102. The Labute approximate surface area is 247 Å². The van der Waals surface area contributed by atoms with Gasteiger partial charge in [0.05, 0.1) is 6.10 Å². The number of Topliss-reactive ketones (excluding diaryl/α,β-unsaturated/α-hetero) is 1. The predicted octanol–water partition coefficient (Wildman–Crippen LogP) is 10.7. The van der Waals surface area contributed by atoms with Gasteiger partial charge in [-0.15, -0.1) is 0 Å². The number of hydrogen-bond acceptors (Lipinski definition) is 3. The van der Waals surface area contributed by atoms with E-state index in [0.29, 0.717) is 6.10 Å². The molecule has 3 nitrogen and oxygen atoms in total. The summed E-state index contributed by atoms with van der Waals surface area (Å²) >= 11 is 0. The summed E-state index contributed by atoms with van der Waals surface area (Å²) in [5.74, 6) is 2.60. The van der Waals surface area contributed by atoms with E-state index >= 15 is 0 Å². The smallest absolute Gasteiger partial charge is 0.159 e. The van der Waals surface area contributed by atoms with E-state index in [1.165, 1.54) is 44.9 Å². The highest BCUT2D eigenvalue weighted by molar-refractivity contribution is 5.94. The highest BCUT2D eigenvalue weighted by atomic mass is 16.5. The summed E-state index contributed by atoms with van der Waals surface area (Å²) in [6, 6.07) is 14.9. The van der Waals surface area contributed by atoms with Crippen LogP contribution >= 0.6 is 0 Å². The Balaban J connectivity index is 0.000000336. The molecule has 0 radical (unpaired) electrons. The van der Waals surface area contributed by atoms with Crippen LogP contribution in [0.3, 0.4) is 0 Å². The van der Waals surface area contributed by atoms with E-state index in [0.717, 1.165) is 55.0 Å². The molecule has 1 aliphatic heterocycles. The third-order valence-corrected chi connectivity index (χ3v) is 7.42. The summed E-state index contributed by atoms with van der Waals surface area (Å²) in [6.07, 6.45) is 11.9. The topological polar surface area (TPSA) is 38.3 Å². The monoisotopic (exact) mass is 551 g/mol. The highest BCUT2D eigenvalue weighted by Crippen LogP contribution is 2.31. The lowest BCUT2D eigenvalue weighted by Crippen LogP contribution is -2.18. The van der Waals surface area contributed by atoms with E-state index < -0.39 is 0 Å². The summed E-state index contributed by atoms with van der Waals surface area (Å²) in [5.41, 5.74) is 6.64. The Morgan fingerprint density at radius 3 is 2.23 bits per heavy atom. The maximum atomic E-state index is 11.1. The molecule has 0 aromatic heterocycles. The number of rotatable bonds is 9. The average Bonchev–Trinajstić information content (AvgIpc) is 3.47. The number of nitrogens with one attached hydrogen (secondary N) is 1. The number of aryl methyl sites for hydroxylation is 1. The number of ether oxygens (including phenoxy) is 1. The molecular formula is C37H61NO2. The van der Waals surface area contributed by atoms with Gasteiger partial charge in [0.15, 0.2) is 5.78 Å². The van der Waals surface area contributed by atoms with Crippen molar-refractivity contribution in [3.05, 3.63) is 64.7 Å². The molecule has 2 aromatic carbocycles. The van der Waals surface area contributed by atoms with Crippen molar-refractivity contribution in [1.82, 2.24) is 0 Å². The first-order valence-corrected chi connectivity index (χ1v) is 16.3. The lowest BCUT2D eigenvalue weighted by atomic mass is 9.82. The second-order valence-corrected chi connectivity index (χ2v) is 12.0. The largest absolute Gasteiger partial charge is 0.382 e. The van der Waals surface area contributed by atoms with Gasteiger partial charge in [0.25, 0.3) is 0 Å². The van der Waals surface area contributed by atoms with Gasteiger partial charge >= 0.3 is 0 Å². The molecule has 1 N–H and O–H groups in total. The lowest BCUT2D eigenvalue weighted by Gasteiger charge is -2.24. The van der Waals surface area contributed by atoms with E-state index in [4.69, 9.17) is 4.74 Å². The first-order valence-electron chi connectivity index (χ1n) is 16.3. The van der Waals surface area contributed by atoms with Crippen molar-refractivity contribution < 1.29 is 9.53 Å². The molecule has 0 bridgehead atoms. The summed E-state index contributed by atoms with van der Waals surface area (Å²) in [7, 11) is 0. The Morgan fingerprint density at radius 1 is 1.00 bits per heavy atom. The second kappa shape index (κ2) is 20.7. The third-order valence-electron chi connectivity index (χ3n) is 7.42. The second-order valence-electron chi connectivity index (χ2n) is 12.0. The van der Waals surface area contributed by atoms with Gasteiger partial charge in [-0.05, 0) is 111 Å². The van der Waals surface area contributed by atoms with Gasteiger partial charge in [-0.1, -0.05) is 86.4 Å². The zero-order valence-electron chi connectivity index (χ0n) is 27.4. The van der Waals surface area contributed by atoms with Gasteiger partial charge < -0.3 is 10.1 Å². The fraction of sp³-hybridized carbons (Fsp3) is 0.649. The Kier molecular flexibility index (Phi) is 18.6. The van der Waals surface area contributed by atoms with E-state index in [9.17, 15) is 4.79 Å². The Hall–Kier alpha value is -2.13. The number of unbranched alkanes of at least 4 members (excludes halogenated alkanes) is 1. The van der Waals surface area contributed by atoms with Crippen molar-refractivity contribution in [1.29, 1.82) is 0 Å². The van der Waals surface area contributed by atoms with Gasteiger partial charge in [0.2, 0.25) is 0 Å². The number of ketones is 1. The van der Waals surface area contributed by atoms with Crippen LogP contribution in [0.5, 0.6) is 0 Å². The zero-order valence-corrected chi connectivity index (χ0v) is 27.4. The molecular weight excluding hydrogens is 490 g/mol. The maximum absolute atomic E-state index is 11.1. The van der Waals surface area contributed by atoms with Gasteiger partial charge in [-0.3, -0.25) is 4.79 Å². The molecule has 1 saturated heterocycles. The van der Waals surface area contributed by atoms with Crippen molar-refractivity contribution in [2.24, 2.45) is 11.8 Å². The standard InChI is InChI=1S/C18H28.C13H17NO2.C4H10.C2H6/c1-4-6-7-15(5-2)17-11-10-16-12-14(3)8-9-18(16)13-17;1-10(15)11-4-6-12(7-5-11)14-9-13-3-2-8-16-13;1-4(2)3;1-2/h10-11,13-15H,4-9,12H2,1-3H3;4-7,13-14H,2-3,8-9H2,1H3;4H,1-3H3;1-2H3. The number of hydrogen-bond donors (Lipinski definition) is 1. The molecule has 4 rings (SSSR count). The molecule has 0 saturated carbocycles. The summed E-state index contributed by atoms with van der Waals surface area (Å²) in [4.78, 5) is 11.1. The van der Waals surface area contributed by atoms with Crippen molar-refractivity contribution in [2.45, 2.75) is 132 Å². The van der Waals surface area contributed by atoms with Crippen LogP contribution in [-0.2, 0) is 17.6 Å². The third kappa shape index (κ3) is 14.0. The van der Waals surface area contributed by atoms with Crippen LogP contribution in [0.4, 0.5) is 5.69 Å². The van der Waals surface area contributed by atoms with Crippen LogP contribution < -0.4 is 5.32 Å². The summed E-state index contributed by atoms with van der Waals surface area (Å²) in [5, 5.41) is 3.32. The molecule has 2 aromatic rings. The van der Waals surface area contributed by atoms with Crippen molar-refractivity contribution >= 4 is 11.5 Å². The minimum atomic E-state index is 0.102. The summed E-state index contributed by atoms with van der Waals surface area (Å²) < 4.78 is 5.52. The first-order chi connectivity index (χ1) is 19.2. The summed E-state index contributed by atoms with van der Waals surface area (Å²) in [6.45, 7) is 20.8. The van der Waals surface area contributed by atoms with Gasteiger partial charge in [-0.2, -0.15) is 0 Å². The van der Waals surface area contributed by atoms with Crippen LogP contribution in [0, 0.1) is 11.8 Å². The molecule has 3 heteroatoms. The number of benzene rings is 2. The van der Waals surface area contributed by atoms with E-state index in [-0.39, 0.29) is 5.78 Å². The average molecular weight is 552 g/mol. The molecule has 3 unspecified atom stereocenters. The van der Waals surface area contributed by atoms with Gasteiger partial charge in [0.1, 0.15) is 0 Å². The Bertz CT molecular complexity index is 925. The fourth-order valence-electron chi connectivity index (χ4n) is 5.13. The lowest BCUT2D eigenvalue weighted by molar-refractivity contribution is 0.101. The van der Waals surface area contributed by atoms with E-state index in [1.54, 1.807) is 23.6 Å². The van der Waals surface area contributed by atoms with Crippen LogP contribution in [-0.4, -0.2) is 25.0 Å². The molecule has 2 aliphatic rings. The van der Waals surface area contributed by atoms with Crippen LogP contribution in [0.25, 0.3) is 0 Å². The molecule has 1 fully saturated rings. The van der Waals surface area contributed by atoms with Crippen LogP contribution in [0.1, 0.15) is 140 Å². The molecule has 1 aliphatic carbocycles. The highest BCUT2D eigenvalue weighted by Gasteiger charge is 2.17. The van der Waals surface area contributed by atoms with E-state index in [2.05, 4.69) is 65.1 Å². The van der Waals surface area contributed by atoms with Crippen molar-refractivity contribution in [2.75, 3.05) is 18.5 Å². The van der Waals surface area contributed by atoms with Crippen molar-refractivity contribution in [3.63, 3.8) is 0 Å². The molecule has 3 atom stereocenters. The molecule has 40 heavy (non-hydrogen) atoms. The zero-order chi connectivity index (χ0) is 29.9. The first kappa shape index (κ1) is 35.9. The predicted molar refractivity (Wildman–Crippen MR) is 176 cm³/mol. The molecule has 226 valence electrons. The van der Waals surface area contributed by atoms with Crippen LogP contribution in [0.2, 0.25) is 0 Å². The molecule has 0 spiro atoms. The molecule has 1 heterocycles. The minimum Gasteiger partial charge on any atom is -0.382 e. The molecule has 0 amide bonds. The number of carbonyl (C=O) groups excluding carboxylic acids is 1. The Morgan fingerprint density at radius 2 is 1.68 bits per heavy atom. The number of fused-ring (bicyclic) bond motifs is 1. The number of anilines is 1. The fourth-order valence-corrected chi connectivity index (χ4v) is 5.13. The van der Waals surface area contributed by atoms with Gasteiger partial charge in [0, 0.05) is 24.4 Å². The SMILES string of the molecule is CC.CC(=O)c1ccc(NCC2CCCO2)cc1.CC(C)C.CCCCC(CC)c1ccc2c(c1)CCC(C)C2. The normalized spacial score (nSPS) is 18.1. The van der Waals surface area contributed by atoms with E-state index in [1.807, 2.05) is 38.1 Å². The maximum Gasteiger partial charge on any atom is 0.159 e. The van der Waals surface area contributed by atoms with Gasteiger partial charge in [-0.25, -0.2) is 0 Å². The van der Waals surface area contributed by atoms with Crippen molar-refractivity contribution in [3.8, 4) is 0 Å². The number of carbonyl (C=O) groups is 1. The van der Waals surface area contributed by atoms with Crippen LogP contribution in [0.15, 0.2) is 42.5 Å². The quantitative estimate of drug-likeness (QED) is 0.315.